The Labute approximate surface area is 104 Å². The normalized spacial score (nSPS) is 22.9. The van der Waals surface area contributed by atoms with Gasteiger partial charge in [0.05, 0.1) is 0 Å². The highest BCUT2D eigenvalue weighted by molar-refractivity contribution is 5.79. The van der Waals surface area contributed by atoms with E-state index in [4.69, 9.17) is 0 Å². The van der Waals surface area contributed by atoms with Gasteiger partial charge in [-0.15, -0.1) is 0 Å². The molecular formula is C12H18F3NO2. The Morgan fingerprint density at radius 3 is 2.33 bits per heavy atom. The summed E-state index contributed by atoms with van der Waals surface area (Å²) in [6.07, 6.45) is 1.99. The van der Waals surface area contributed by atoms with Crippen molar-refractivity contribution < 1.29 is 22.7 Å². The van der Waals surface area contributed by atoms with Crippen molar-refractivity contribution in [3.8, 4) is 0 Å². The number of nitrogens with zero attached hydrogens (tertiary/aromatic N) is 1. The average molecular weight is 265 g/mol. The lowest BCUT2D eigenvalue weighted by Gasteiger charge is -2.55. The minimum absolute atomic E-state index is 0.0586. The van der Waals surface area contributed by atoms with E-state index in [0.717, 1.165) is 32.1 Å². The van der Waals surface area contributed by atoms with Crippen molar-refractivity contribution >= 4 is 5.91 Å². The molecule has 18 heavy (non-hydrogen) atoms. The minimum atomic E-state index is -4.36. The number of halogens is 3. The molecule has 2 aliphatic rings. The van der Waals surface area contributed by atoms with Crippen LogP contribution >= 0.6 is 0 Å². The van der Waals surface area contributed by atoms with Gasteiger partial charge in [0.1, 0.15) is 13.2 Å². The van der Waals surface area contributed by atoms with Crippen molar-refractivity contribution in [3.05, 3.63) is 0 Å². The number of hydrogen-bond donors (Lipinski definition) is 0. The van der Waals surface area contributed by atoms with Gasteiger partial charge in [-0.3, -0.25) is 4.79 Å². The average Bonchev–Trinajstić information content (AvgIpc) is 2.27. The fourth-order valence-corrected chi connectivity index (χ4v) is 2.99. The zero-order valence-electron chi connectivity index (χ0n) is 10.3. The first kappa shape index (κ1) is 13.6. The van der Waals surface area contributed by atoms with E-state index >= 15 is 0 Å². The molecule has 1 amide bonds. The van der Waals surface area contributed by atoms with E-state index < -0.39 is 19.4 Å². The summed E-state index contributed by atoms with van der Waals surface area (Å²) in [6.45, 7) is -1.14. The molecule has 1 saturated heterocycles. The molecule has 0 unspecified atom stereocenters. The van der Waals surface area contributed by atoms with Gasteiger partial charge in [0.25, 0.3) is 0 Å². The van der Waals surface area contributed by atoms with E-state index in [2.05, 4.69) is 4.74 Å². The van der Waals surface area contributed by atoms with Crippen LogP contribution in [0.25, 0.3) is 0 Å². The lowest BCUT2D eigenvalue weighted by Crippen LogP contribution is -2.63. The van der Waals surface area contributed by atoms with Crippen LogP contribution in [-0.4, -0.2) is 42.3 Å². The Kier molecular flexibility index (Phi) is 3.84. The highest BCUT2D eigenvalue weighted by atomic mass is 19.4. The molecule has 0 bridgehead atoms. The van der Waals surface area contributed by atoms with Crippen LogP contribution < -0.4 is 0 Å². The molecular weight excluding hydrogens is 247 g/mol. The number of hydrogen-bond acceptors (Lipinski definition) is 2. The monoisotopic (exact) mass is 265 g/mol. The van der Waals surface area contributed by atoms with Crippen LogP contribution in [0.1, 0.15) is 38.5 Å². The van der Waals surface area contributed by atoms with Crippen molar-refractivity contribution in [2.24, 2.45) is 0 Å². The number of carbonyl (C=O) groups excluding carboxylic acids is 1. The lowest BCUT2D eigenvalue weighted by molar-refractivity contribution is -0.182. The molecule has 1 saturated carbocycles. The topological polar surface area (TPSA) is 29.5 Å². The Morgan fingerprint density at radius 1 is 1.17 bits per heavy atom. The summed E-state index contributed by atoms with van der Waals surface area (Å²) in [6, 6.07) is 0. The molecule has 0 aromatic carbocycles. The number of amides is 1. The number of likely N-dealkylation sites (tertiary alicyclic amines) is 1. The SMILES string of the molecule is O=C(COCC(F)(F)F)N1CCC12CCCCC2. The zero-order chi connectivity index (χ0) is 13.2. The summed E-state index contributed by atoms with van der Waals surface area (Å²) >= 11 is 0. The van der Waals surface area contributed by atoms with Gasteiger partial charge < -0.3 is 9.64 Å². The molecule has 0 radical (unpaired) electrons. The molecule has 0 atom stereocenters. The Hall–Kier alpha value is -0.780. The molecule has 2 rings (SSSR count). The predicted molar refractivity (Wildman–Crippen MR) is 59.0 cm³/mol. The second kappa shape index (κ2) is 5.07. The quantitative estimate of drug-likeness (QED) is 0.784. The van der Waals surface area contributed by atoms with Gasteiger partial charge in [-0.05, 0) is 19.3 Å². The standard InChI is InChI=1S/C12H18F3NO2/c13-12(14,15)9-18-8-10(17)16-7-6-11(16)4-2-1-3-5-11/h1-9H2. The Balaban J connectivity index is 1.79. The van der Waals surface area contributed by atoms with E-state index in [0.29, 0.717) is 6.54 Å². The van der Waals surface area contributed by atoms with Crippen molar-refractivity contribution in [2.45, 2.75) is 50.2 Å². The fraction of sp³-hybridized carbons (Fsp3) is 0.917. The molecule has 1 aliphatic carbocycles. The highest BCUT2D eigenvalue weighted by Gasteiger charge is 2.47. The first-order valence-electron chi connectivity index (χ1n) is 6.38. The van der Waals surface area contributed by atoms with Crippen LogP contribution in [0.4, 0.5) is 13.2 Å². The smallest absolute Gasteiger partial charge is 0.362 e. The molecule has 2 fully saturated rings. The van der Waals surface area contributed by atoms with Gasteiger partial charge in [0.2, 0.25) is 5.91 Å². The van der Waals surface area contributed by atoms with Gasteiger partial charge in [-0.1, -0.05) is 19.3 Å². The largest absolute Gasteiger partial charge is 0.411 e. The molecule has 1 aliphatic heterocycles. The molecule has 0 aromatic heterocycles. The minimum Gasteiger partial charge on any atom is -0.362 e. The van der Waals surface area contributed by atoms with Crippen LogP contribution in [0.3, 0.4) is 0 Å². The molecule has 0 aromatic rings. The lowest BCUT2D eigenvalue weighted by atomic mass is 9.72. The van der Waals surface area contributed by atoms with Gasteiger partial charge in [-0.2, -0.15) is 13.2 Å². The molecule has 1 spiro atoms. The van der Waals surface area contributed by atoms with Crippen molar-refractivity contribution in [2.75, 3.05) is 19.8 Å². The molecule has 3 nitrogen and oxygen atoms in total. The second-order valence-electron chi connectivity index (χ2n) is 5.19. The van der Waals surface area contributed by atoms with E-state index in [1.807, 2.05) is 0 Å². The number of ether oxygens (including phenoxy) is 1. The third-order valence-corrected chi connectivity index (χ3v) is 3.95. The summed E-state index contributed by atoms with van der Waals surface area (Å²) < 4.78 is 40.1. The predicted octanol–water partition coefficient (Wildman–Crippen LogP) is 2.50. The van der Waals surface area contributed by atoms with Crippen LogP contribution in [0.5, 0.6) is 0 Å². The summed E-state index contributed by atoms with van der Waals surface area (Å²) in [7, 11) is 0. The van der Waals surface area contributed by atoms with Crippen molar-refractivity contribution in [1.82, 2.24) is 4.90 Å². The molecule has 1 heterocycles. The maximum Gasteiger partial charge on any atom is 0.411 e. The third kappa shape index (κ3) is 2.96. The van der Waals surface area contributed by atoms with E-state index in [1.54, 1.807) is 4.90 Å². The number of rotatable bonds is 3. The van der Waals surface area contributed by atoms with Crippen LogP contribution in [0.2, 0.25) is 0 Å². The molecule has 0 N–H and O–H groups in total. The van der Waals surface area contributed by atoms with Crippen molar-refractivity contribution in [1.29, 1.82) is 0 Å². The zero-order valence-corrected chi connectivity index (χ0v) is 10.3. The first-order chi connectivity index (χ1) is 8.43. The van der Waals surface area contributed by atoms with Gasteiger partial charge in [-0.25, -0.2) is 0 Å². The van der Waals surface area contributed by atoms with Crippen LogP contribution in [0, 0.1) is 0 Å². The summed E-state index contributed by atoms with van der Waals surface area (Å²) in [5.41, 5.74) is -0.0586. The Morgan fingerprint density at radius 2 is 1.83 bits per heavy atom. The van der Waals surface area contributed by atoms with Crippen molar-refractivity contribution in [3.63, 3.8) is 0 Å². The van der Waals surface area contributed by atoms with E-state index in [9.17, 15) is 18.0 Å². The van der Waals surface area contributed by atoms with Gasteiger partial charge >= 0.3 is 6.18 Å². The molecule has 6 heteroatoms. The van der Waals surface area contributed by atoms with Crippen LogP contribution in [0.15, 0.2) is 0 Å². The summed E-state index contributed by atoms with van der Waals surface area (Å²) in [5.74, 6) is -0.299. The van der Waals surface area contributed by atoms with Crippen LogP contribution in [-0.2, 0) is 9.53 Å². The number of alkyl halides is 3. The van der Waals surface area contributed by atoms with E-state index in [-0.39, 0.29) is 11.4 Å². The van der Waals surface area contributed by atoms with E-state index in [1.165, 1.54) is 6.42 Å². The maximum absolute atomic E-state index is 11.9. The third-order valence-electron chi connectivity index (χ3n) is 3.95. The van der Waals surface area contributed by atoms with Gasteiger partial charge in [0, 0.05) is 12.1 Å². The fourth-order valence-electron chi connectivity index (χ4n) is 2.99. The first-order valence-corrected chi connectivity index (χ1v) is 6.38. The number of carbonyl (C=O) groups is 1. The van der Waals surface area contributed by atoms with Gasteiger partial charge in [0.15, 0.2) is 0 Å². The summed E-state index contributed by atoms with van der Waals surface area (Å²) in [4.78, 5) is 13.5. The second-order valence-corrected chi connectivity index (χ2v) is 5.19. The Bertz CT molecular complexity index is 311. The summed E-state index contributed by atoms with van der Waals surface area (Å²) in [5, 5.41) is 0. The maximum atomic E-state index is 11.9. The molecule has 104 valence electrons. The highest BCUT2D eigenvalue weighted by Crippen LogP contribution is 2.43.